The van der Waals surface area contributed by atoms with Gasteiger partial charge in [-0.15, -0.1) is 0 Å². The minimum Gasteiger partial charge on any atom is -0.478 e. The van der Waals surface area contributed by atoms with Crippen LogP contribution in [0.2, 0.25) is 0 Å². The predicted octanol–water partition coefficient (Wildman–Crippen LogP) is 1.82. The molecule has 3 rings (SSSR count). The van der Waals surface area contributed by atoms with Crippen LogP contribution < -0.4 is 10.2 Å². The first-order valence-electron chi connectivity index (χ1n) is 6.20. The highest BCUT2D eigenvalue weighted by atomic mass is 16.5. The quantitative estimate of drug-likeness (QED) is 0.866. The Bertz CT molecular complexity index is 767. The van der Waals surface area contributed by atoms with Gasteiger partial charge in [-0.3, -0.25) is 0 Å². The van der Waals surface area contributed by atoms with Gasteiger partial charge in [0.15, 0.2) is 0 Å². The summed E-state index contributed by atoms with van der Waals surface area (Å²) in [6.07, 6.45) is 0. The summed E-state index contributed by atoms with van der Waals surface area (Å²) < 4.78 is 10.9. The van der Waals surface area contributed by atoms with Gasteiger partial charge in [-0.1, -0.05) is 6.07 Å². The first-order chi connectivity index (χ1) is 10.2. The lowest BCUT2D eigenvalue weighted by Crippen LogP contribution is -2.10. The molecular formula is C15H9BNO4. The molecule has 0 fully saturated rings. The number of rotatable bonds is 3. The second-order valence-electron chi connectivity index (χ2n) is 4.52. The molecule has 0 saturated carbocycles. The van der Waals surface area contributed by atoms with Crippen molar-refractivity contribution in [2.24, 2.45) is 0 Å². The lowest BCUT2D eigenvalue weighted by molar-refractivity contribution is 0.0696. The lowest BCUT2D eigenvalue weighted by atomic mass is 9.87. The van der Waals surface area contributed by atoms with Gasteiger partial charge in [0.1, 0.15) is 17.6 Å². The van der Waals surface area contributed by atoms with E-state index in [2.05, 4.69) is 0 Å². The van der Waals surface area contributed by atoms with Crippen LogP contribution in [0.25, 0.3) is 0 Å². The Kier molecular flexibility index (Phi) is 3.34. The van der Waals surface area contributed by atoms with Crippen LogP contribution >= 0.6 is 0 Å². The summed E-state index contributed by atoms with van der Waals surface area (Å²) in [5.74, 6) is -0.197. The van der Waals surface area contributed by atoms with Crippen molar-refractivity contribution < 1.29 is 19.3 Å². The van der Waals surface area contributed by atoms with Gasteiger partial charge in [0, 0.05) is 0 Å². The highest BCUT2D eigenvalue weighted by Crippen LogP contribution is 2.25. The molecule has 1 aliphatic rings. The van der Waals surface area contributed by atoms with Crippen molar-refractivity contribution in [2.75, 3.05) is 0 Å². The minimum absolute atomic E-state index is 0.0761. The molecule has 0 aromatic heterocycles. The van der Waals surface area contributed by atoms with Crippen LogP contribution in [0, 0.1) is 11.3 Å². The Balaban J connectivity index is 1.90. The fraction of sp³-hybridized carbons (Fsp3) is 0.0667. The number of carboxylic acid groups (broad SMARTS) is 1. The lowest BCUT2D eigenvalue weighted by Gasteiger charge is -2.08. The molecule has 5 nitrogen and oxygen atoms in total. The van der Waals surface area contributed by atoms with Gasteiger partial charge >= 0.3 is 13.5 Å². The molecule has 0 spiro atoms. The summed E-state index contributed by atoms with van der Waals surface area (Å²) in [6, 6.07) is 11.7. The summed E-state index contributed by atoms with van der Waals surface area (Å²) in [5, 5.41) is 18.0. The smallest absolute Gasteiger partial charge is 0.337 e. The van der Waals surface area contributed by atoms with Crippen molar-refractivity contribution in [1.29, 1.82) is 5.26 Å². The van der Waals surface area contributed by atoms with Crippen LogP contribution in [0.15, 0.2) is 36.4 Å². The number of nitrogens with zero attached hydrogens (tertiary/aromatic N) is 1. The van der Waals surface area contributed by atoms with Gasteiger partial charge in [0.25, 0.3) is 0 Å². The van der Waals surface area contributed by atoms with Crippen molar-refractivity contribution in [2.45, 2.75) is 6.61 Å². The van der Waals surface area contributed by atoms with Crippen LogP contribution in [0.5, 0.6) is 11.5 Å². The third kappa shape index (κ3) is 2.60. The zero-order valence-corrected chi connectivity index (χ0v) is 10.9. The fourth-order valence-corrected chi connectivity index (χ4v) is 2.10. The SMILES string of the molecule is N#Cc1ccc(Oc2ccc3c(c2)CO[B]3)cc1C(=O)O. The van der Waals surface area contributed by atoms with Crippen LogP contribution in [0.4, 0.5) is 0 Å². The molecule has 1 radical (unpaired) electrons. The van der Waals surface area contributed by atoms with Gasteiger partial charge in [0.05, 0.1) is 17.7 Å². The van der Waals surface area contributed by atoms with E-state index >= 15 is 0 Å². The van der Waals surface area contributed by atoms with Crippen molar-refractivity contribution in [3.8, 4) is 17.6 Å². The number of hydrogen-bond acceptors (Lipinski definition) is 4. The van der Waals surface area contributed by atoms with Crippen molar-refractivity contribution in [3.05, 3.63) is 53.1 Å². The van der Waals surface area contributed by atoms with Crippen LogP contribution in [0.3, 0.4) is 0 Å². The van der Waals surface area contributed by atoms with Crippen molar-refractivity contribution in [1.82, 2.24) is 0 Å². The molecule has 0 unspecified atom stereocenters. The summed E-state index contributed by atoms with van der Waals surface area (Å²) in [5.41, 5.74) is 2.05. The Hall–Kier alpha value is -2.78. The monoisotopic (exact) mass is 278 g/mol. The van der Waals surface area contributed by atoms with E-state index in [4.69, 9.17) is 19.8 Å². The van der Waals surface area contributed by atoms with Gasteiger partial charge < -0.3 is 14.5 Å². The van der Waals surface area contributed by atoms with Crippen LogP contribution in [-0.2, 0) is 11.3 Å². The Morgan fingerprint density at radius 2 is 2.05 bits per heavy atom. The van der Waals surface area contributed by atoms with E-state index in [9.17, 15) is 4.79 Å². The number of hydrogen-bond donors (Lipinski definition) is 1. The predicted molar refractivity (Wildman–Crippen MR) is 74.8 cm³/mol. The molecule has 0 bridgehead atoms. The highest BCUT2D eigenvalue weighted by molar-refractivity contribution is 6.48. The highest BCUT2D eigenvalue weighted by Gasteiger charge is 2.15. The first-order valence-corrected chi connectivity index (χ1v) is 6.20. The number of fused-ring (bicyclic) bond motifs is 1. The van der Waals surface area contributed by atoms with Crippen LogP contribution in [0.1, 0.15) is 21.5 Å². The molecule has 0 atom stereocenters. The zero-order valence-electron chi connectivity index (χ0n) is 10.9. The third-order valence-corrected chi connectivity index (χ3v) is 3.14. The Labute approximate surface area is 121 Å². The second kappa shape index (κ2) is 5.31. The molecule has 1 N–H and O–H groups in total. The number of ether oxygens (including phenoxy) is 1. The maximum absolute atomic E-state index is 11.1. The minimum atomic E-state index is -1.16. The summed E-state index contributed by atoms with van der Waals surface area (Å²) in [6.45, 7) is 0.500. The van der Waals surface area contributed by atoms with Crippen molar-refractivity contribution >= 4 is 18.9 Å². The second-order valence-corrected chi connectivity index (χ2v) is 4.52. The Morgan fingerprint density at radius 1 is 1.29 bits per heavy atom. The molecule has 0 amide bonds. The van der Waals surface area contributed by atoms with E-state index in [1.165, 1.54) is 12.1 Å². The molecule has 0 aliphatic carbocycles. The van der Waals surface area contributed by atoms with E-state index in [0.717, 1.165) is 11.0 Å². The standard InChI is InChI=1S/C15H9BNO4/c17-7-9-1-2-12(6-13(9)15(18)19)21-11-3-4-14-10(5-11)8-20-16-14/h1-6H,8H2,(H,18,19). The molecule has 1 aliphatic heterocycles. The Morgan fingerprint density at radius 3 is 2.81 bits per heavy atom. The fourth-order valence-electron chi connectivity index (χ4n) is 2.10. The normalized spacial score (nSPS) is 12.1. The molecular weight excluding hydrogens is 269 g/mol. The van der Waals surface area contributed by atoms with Gasteiger partial charge in [0.2, 0.25) is 0 Å². The van der Waals surface area contributed by atoms with E-state index in [0.29, 0.717) is 18.1 Å². The largest absolute Gasteiger partial charge is 0.478 e. The van der Waals surface area contributed by atoms with E-state index in [-0.39, 0.29) is 11.1 Å². The van der Waals surface area contributed by atoms with Gasteiger partial charge in [-0.05, 0) is 41.4 Å². The van der Waals surface area contributed by atoms with Gasteiger partial charge in [-0.2, -0.15) is 5.26 Å². The molecule has 1 heterocycles. The number of nitriles is 1. The average Bonchev–Trinajstić information content (AvgIpc) is 2.94. The number of carboxylic acids is 1. The zero-order chi connectivity index (χ0) is 14.8. The number of benzene rings is 2. The summed E-state index contributed by atoms with van der Waals surface area (Å²) in [7, 11) is 1.68. The van der Waals surface area contributed by atoms with E-state index in [1.54, 1.807) is 19.6 Å². The molecule has 6 heteroatoms. The molecule has 0 saturated heterocycles. The molecule has 2 aromatic carbocycles. The summed E-state index contributed by atoms with van der Waals surface area (Å²) in [4.78, 5) is 11.1. The third-order valence-electron chi connectivity index (χ3n) is 3.14. The first kappa shape index (κ1) is 13.2. The van der Waals surface area contributed by atoms with E-state index in [1.807, 2.05) is 18.2 Å². The topological polar surface area (TPSA) is 79.5 Å². The number of carbonyl (C=O) groups is 1. The maximum Gasteiger partial charge on any atom is 0.337 e. The number of aromatic carboxylic acids is 1. The van der Waals surface area contributed by atoms with Gasteiger partial charge in [-0.25, -0.2) is 4.79 Å². The van der Waals surface area contributed by atoms with Crippen LogP contribution in [-0.4, -0.2) is 18.6 Å². The van der Waals surface area contributed by atoms with E-state index < -0.39 is 5.97 Å². The maximum atomic E-state index is 11.1. The average molecular weight is 278 g/mol. The molecule has 21 heavy (non-hydrogen) atoms. The summed E-state index contributed by atoms with van der Waals surface area (Å²) >= 11 is 0. The molecule has 2 aromatic rings. The molecule has 101 valence electrons. The van der Waals surface area contributed by atoms with Crippen molar-refractivity contribution in [3.63, 3.8) is 0 Å².